The van der Waals surface area contributed by atoms with Crippen molar-refractivity contribution >= 4 is 10.0 Å². The van der Waals surface area contributed by atoms with Gasteiger partial charge in [-0.2, -0.15) is 5.26 Å². The Morgan fingerprint density at radius 1 is 1.48 bits per heavy atom. The van der Waals surface area contributed by atoms with Gasteiger partial charge in [-0.15, -0.1) is 0 Å². The van der Waals surface area contributed by atoms with Crippen LogP contribution in [0.1, 0.15) is 38.3 Å². The van der Waals surface area contributed by atoms with Crippen molar-refractivity contribution < 1.29 is 17.6 Å². The fourth-order valence-corrected chi connectivity index (χ4v) is 3.59. The summed E-state index contributed by atoms with van der Waals surface area (Å²) in [5.41, 5.74) is -0.957. The smallest absolute Gasteiger partial charge is 0.213 e. The number of hydrogen-bond acceptors (Lipinski definition) is 5. The summed E-state index contributed by atoms with van der Waals surface area (Å²) < 4.78 is 37.5. The van der Waals surface area contributed by atoms with E-state index in [1.807, 2.05) is 19.1 Å². The maximum Gasteiger partial charge on any atom is 0.213 e. The lowest BCUT2D eigenvalue weighted by Gasteiger charge is -2.20. The molecule has 21 heavy (non-hydrogen) atoms. The van der Waals surface area contributed by atoms with Gasteiger partial charge in [0, 0.05) is 13.5 Å². The summed E-state index contributed by atoms with van der Waals surface area (Å²) in [5.74, 6) is 1.01. The summed E-state index contributed by atoms with van der Waals surface area (Å²) in [7, 11) is -2.14. The Bertz CT molecular complexity index is 599. The van der Waals surface area contributed by atoms with Gasteiger partial charge in [-0.1, -0.05) is 6.92 Å². The molecule has 6 nitrogen and oxygen atoms in total. The third-order valence-electron chi connectivity index (χ3n) is 2.88. The molecule has 1 N–H and O–H groups in total. The number of nitrogens with zero attached hydrogens (tertiary/aromatic N) is 1. The number of furan rings is 1. The van der Waals surface area contributed by atoms with Crippen LogP contribution in [0.25, 0.3) is 0 Å². The highest BCUT2D eigenvalue weighted by molar-refractivity contribution is 7.89. The van der Waals surface area contributed by atoms with Gasteiger partial charge in [-0.3, -0.25) is 0 Å². The van der Waals surface area contributed by atoms with Gasteiger partial charge < -0.3 is 9.15 Å². The Balaban J connectivity index is 2.90. The van der Waals surface area contributed by atoms with Gasteiger partial charge in [0.25, 0.3) is 0 Å². The number of nitrogens with one attached hydrogen (secondary N) is 1. The first kappa shape index (κ1) is 17.7. The molecule has 0 radical (unpaired) electrons. The van der Waals surface area contributed by atoms with Crippen LogP contribution in [-0.2, 0) is 21.2 Å². The summed E-state index contributed by atoms with van der Waals surface area (Å²) in [6.45, 7) is 5.27. The number of hydrogen-bond donors (Lipinski definition) is 1. The quantitative estimate of drug-likeness (QED) is 0.792. The second-order valence-electron chi connectivity index (χ2n) is 5.54. The van der Waals surface area contributed by atoms with Crippen molar-refractivity contribution in [1.82, 2.24) is 4.72 Å². The standard InChI is InChI=1S/C14H22N2O4S/c1-5-11-6-7-13(20-11)12(8-19-4)16-21(17,18)10-14(2,3)9-15/h6-7,12,16H,5,8,10H2,1-4H3. The maximum absolute atomic E-state index is 12.2. The molecule has 1 atom stereocenters. The van der Waals surface area contributed by atoms with Crippen LogP contribution in [0, 0.1) is 16.7 Å². The highest BCUT2D eigenvalue weighted by Crippen LogP contribution is 2.21. The SMILES string of the molecule is CCc1ccc(C(COC)NS(=O)(=O)CC(C)(C)C#N)o1. The molecular formula is C14H22N2O4S. The van der Waals surface area contributed by atoms with E-state index in [9.17, 15) is 8.42 Å². The third kappa shape index (κ3) is 5.50. The zero-order valence-corrected chi connectivity index (χ0v) is 13.7. The van der Waals surface area contributed by atoms with Crippen LogP contribution in [0.5, 0.6) is 0 Å². The monoisotopic (exact) mass is 314 g/mol. The lowest BCUT2D eigenvalue weighted by molar-refractivity contribution is 0.165. The Hall–Kier alpha value is -1.36. The Labute approximate surface area is 126 Å². The van der Waals surface area contributed by atoms with Crippen LogP contribution in [0.3, 0.4) is 0 Å². The van der Waals surface area contributed by atoms with Gasteiger partial charge in [0.2, 0.25) is 10.0 Å². The van der Waals surface area contributed by atoms with Crippen molar-refractivity contribution in [3.63, 3.8) is 0 Å². The van der Waals surface area contributed by atoms with Crippen molar-refractivity contribution in [2.24, 2.45) is 5.41 Å². The molecule has 0 aliphatic rings. The van der Waals surface area contributed by atoms with E-state index in [2.05, 4.69) is 4.72 Å². The zero-order valence-electron chi connectivity index (χ0n) is 12.8. The van der Waals surface area contributed by atoms with Gasteiger partial charge in [0.1, 0.15) is 17.6 Å². The summed E-state index contributed by atoms with van der Waals surface area (Å²) >= 11 is 0. The van der Waals surface area contributed by atoms with Gasteiger partial charge in [0.05, 0.1) is 23.8 Å². The number of sulfonamides is 1. The largest absolute Gasteiger partial charge is 0.464 e. The fraction of sp³-hybridized carbons (Fsp3) is 0.643. The van der Waals surface area contributed by atoms with Gasteiger partial charge >= 0.3 is 0 Å². The molecule has 1 aromatic rings. The van der Waals surface area contributed by atoms with E-state index in [1.165, 1.54) is 7.11 Å². The number of aryl methyl sites for hydroxylation is 1. The van der Waals surface area contributed by atoms with Crippen molar-refractivity contribution in [1.29, 1.82) is 5.26 Å². The molecule has 0 aliphatic heterocycles. The highest BCUT2D eigenvalue weighted by atomic mass is 32.2. The number of rotatable bonds is 8. The first-order valence-corrected chi connectivity index (χ1v) is 8.37. The van der Waals surface area contributed by atoms with Crippen LogP contribution in [0.15, 0.2) is 16.5 Å². The molecule has 1 aromatic heterocycles. The predicted octanol–water partition coefficient (Wildman–Crippen LogP) is 2.00. The second-order valence-corrected chi connectivity index (χ2v) is 7.29. The molecule has 0 fully saturated rings. The Morgan fingerprint density at radius 3 is 2.62 bits per heavy atom. The van der Waals surface area contributed by atoms with Gasteiger partial charge in [0.15, 0.2) is 0 Å². The van der Waals surface area contributed by atoms with Crippen LogP contribution in [0.4, 0.5) is 0 Å². The first-order valence-electron chi connectivity index (χ1n) is 6.72. The van der Waals surface area contributed by atoms with Crippen LogP contribution in [0.2, 0.25) is 0 Å². The molecule has 0 amide bonds. The third-order valence-corrected chi connectivity index (χ3v) is 4.63. The van der Waals surface area contributed by atoms with E-state index < -0.39 is 21.5 Å². The van der Waals surface area contributed by atoms with E-state index in [0.717, 1.165) is 12.2 Å². The highest BCUT2D eigenvalue weighted by Gasteiger charge is 2.29. The molecule has 1 unspecified atom stereocenters. The lowest BCUT2D eigenvalue weighted by atomic mass is 10.00. The van der Waals surface area contributed by atoms with E-state index in [1.54, 1.807) is 19.9 Å². The Morgan fingerprint density at radius 2 is 2.14 bits per heavy atom. The van der Waals surface area contributed by atoms with Crippen molar-refractivity contribution in [2.45, 2.75) is 33.2 Å². The zero-order chi connectivity index (χ0) is 16.1. The number of nitriles is 1. The van der Waals surface area contributed by atoms with Crippen molar-refractivity contribution in [3.05, 3.63) is 23.7 Å². The first-order chi connectivity index (χ1) is 9.73. The molecule has 0 saturated heterocycles. The van der Waals surface area contributed by atoms with Gasteiger partial charge in [-0.05, 0) is 26.0 Å². The van der Waals surface area contributed by atoms with Crippen molar-refractivity contribution in [2.75, 3.05) is 19.5 Å². The Kier molecular flexibility index (Phi) is 5.96. The molecule has 0 saturated carbocycles. The lowest BCUT2D eigenvalue weighted by Crippen LogP contribution is -2.37. The number of methoxy groups -OCH3 is 1. The molecule has 1 rings (SSSR count). The van der Waals surface area contributed by atoms with E-state index in [-0.39, 0.29) is 12.4 Å². The second kappa shape index (κ2) is 7.07. The van der Waals surface area contributed by atoms with Crippen molar-refractivity contribution in [3.8, 4) is 6.07 Å². The normalized spacial score (nSPS) is 13.9. The van der Waals surface area contributed by atoms with Crippen LogP contribution in [-0.4, -0.2) is 27.9 Å². The van der Waals surface area contributed by atoms with E-state index in [0.29, 0.717) is 5.76 Å². The van der Waals surface area contributed by atoms with Gasteiger partial charge in [-0.25, -0.2) is 13.1 Å². The molecule has 7 heteroatoms. The summed E-state index contributed by atoms with van der Waals surface area (Å²) in [6.07, 6.45) is 0.730. The molecule has 0 aliphatic carbocycles. The molecular weight excluding hydrogens is 292 g/mol. The summed E-state index contributed by atoms with van der Waals surface area (Å²) in [5, 5.41) is 8.96. The molecule has 118 valence electrons. The average molecular weight is 314 g/mol. The van der Waals surface area contributed by atoms with Crippen LogP contribution >= 0.6 is 0 Å². The molecule has 1 heterocycles. The van der Waals surface area contributed by atoms with E-state index >= 15 is 0 Å². The minimum Gasteiger partial charge on any atom is -0.464 e. The minimum atomic E-state index is -3.63. The summed E-state index contributed by atoms with van der Waals surface area (Å²) in [6, 6.07) is 4.93. The average Bonchev–Trinajstić information content (AvgIpc) is 2.85. The fourth-order valence-electron chi connectivity index (χ4n) is 1.88. The molecule has 0 aromatic carbocycles. The summed E-state index contributed by atoms with van der Waals surface area (Å²) in [4.78, 5) is 0. The molecule has 0 bridgehead atoms. The molecule has 0 spiro atoms. The number of ether oxygens (including phenoxy) is 1. The topological polar surface area (TPSA) is 92.3 Å². The predicted molar refractivity (Wildman–Crippen MR) is 79.0 cm³/mol. The maximum atomic E-state index is 12.2. The van der Waals surface area contributed by atoms with Crippen LogP contribution < -0.4 is 4.72 Å². The minimum absolute atomic E-state index is 0.156. The van der Waals surface area contributed by atoms with E-state index in [4.69, 9.17) is 14.4 Å².